The van der Waals surface area contributed by atoms with E-state index < -0.39 is 0 Å². The van der Waals surface area contributed by atoms with Crippen molar-refractivity contribution in [3.05, 3.63) is 41.2 Å². The average molecular weight is 500 g/mol. The standard InChI is InChI=1S/C19H28N6S.HI/c1-4-17-22-19(26-23-17)25-12-10-24(11-13-25)18(20-3)21-9-8-16-7-5-6-15(2)14-16;/h5-7,14H,4,8-13H2,1-3H3,(H,20,21);1H. The Morgan fingerprint density at radius 1 is 1.26 bits per heavy atom. The van der Waals surface area contributed by atoms with Gasteiger partial charge in [-0.1, -0.05) is 36.8 Å². The number of rotatable bonds is 5. The van der Waals surface area contributed by atoms with Crippen LogP contribution < -0.4 is 10.2 Å². The Morgan fingerprint density at radius 2 is 2.04 bits per heavy atom. The van der Waals surface area contributed by atoms with Crippen molar-refractivity contribution in [2.75, 3.05) is 44.7 Å². The molecule has 1 aromatic carbocycles. The lowest BCUT2D eigenvalue weighted by molar-refractivity contribution is 0.372. The van der Waals surface area contributed by atoms with Crippen molar-refractivity contribution in [3.63, 3.8) is 0 Å². The van der Waals surface area contributed by atoms with Gasteiger partial charge in [-0.15, -0.1) is 24.0 Å². The first-order valence-electron chi connectivity index (χ1n) is 9.28. The minimum Gasteiger partial charge on any atom is -0.356 e. The second kappa shape index (κ2) is 10.8. The number of aryl methyl sites for hydroxylation is 2. The molecule has 6 nitrogen and oxygen atoms in total. The van der Waals surface area contributed by atoms with Crippen molar-refractivity contribution in [2.45, 2.75) is 26.7 Å². The molecule has 0 unspecified atom stereocenters. The fraction of sp³-hybridized carbons (Fsp3) is 0.526. The molecule has 1 aliphatic heterocycles. The molecule has 3 rings (SSSR count). The van der Waals surface area contributed by atoms with Crippen LogP contribution in [0.4, 0.5) is 5.13 Å². The molecule has 0 saturated carbocycles. The summed E-state index contributed by atoms with van der Waals surface area (Å²) in [5.74, 6) is 1.94. The van der Waals surface area contributed by atoms with E-state index in [0.717, 1.165) is 62.5 Å². The summed E-state index contributed by atoms with van der Waals surface area (Å²) in [6.45, 7) is 8.93. The molecular formula is C19H29IN6S. The largest absolute Gasteiger partial charge is 0.356 e. The summed E-state index contributed by atoms with van der Waals surface area (Å²) in [7, 11) is 1.86. The number of aliphatic imine (C=N–C) groups is 1. The number of hydrogen-bond acceptors (Lipinski definition) is 5. The van der Waals surface area contributed by atoms with E-state index >= 15 is 0 Å². The maximum absolute atomic E-state index is 4.60. The van der Waals surface area contributed by atoms with Crippen LogP contribution in [-0.4, -0.2) is 60.0 Å². The molecule has 0 atom stereocenters. The monoisotopic (exact) mass is 500 g/mol. The number of anilines is 1. The van der Waals surface area contributed by atoms with Crippen molar-refractivity contribution in [1.82, 2.24) is 19.6 Å². The third-order valence-corrected chi connectivity index (χ3v) is 5.43. The Morgan fingerprint density at radius 3 is 2.67 bits per heavy atom. The number of piperazine rings is 1. The van der Waals surface area contributed by atoms with Gasteiger partial charge in [0.1, 0.15) is 5.82 Å². The first-order chi connectivity index (χ1) is 12.7. The van der Waals surface area contributed by atoms with E-state index in [-0.39, 0.29) is 24.0 Å². The third-order valence-electron chi connectivity index (χ3n) is 4.61. The van der Waals surface area contributed by atoms with Crippen LogP contribution in [-0.2, 0) is 12.8 Å². The van der Waals surface area contributed by atoms with Gasteiger partial charge in [-0.3, -0.25) is 4.99 Å². The smallest absolute Gasteiger partial charge is 0.205 e. The SMILES string of the molecule is CCc1nsc(N2CCN(C(=NC)NCCc3cccc(C)c3)CC2)n1.I. The summed E-state index contributed by atoms with van der Waals surface area (Å²) in [6.07, 6.45) is 1.90. The highest BCUT2D eigenvalue weighted by Gasteiger charge is 2.21. The van der Waals surface area contributed by atoms with Crippen molar-refractivity contribution < 1.29 is 0 Å². The molecule has 1 aromatic heterocycles. The first kappa shape index (κ1) is 21.9. The quantitative estimate of drug-likeness (QED) is 0.389. The lowest BCUT2D eigenvalue weighted by atomic mass is 10.1. The van der Waals surface area contributed by atoms with Gasteiger partial charge in [0, 0.05) is 57.7 Å². The van der Waals surface area contributed by atoms with Crippen LogP contribution in [0.1, 0.15) is 23.9 Å². The van der Waals surface area contributed by atoms with Crippen molar-refractivity contribution in [1.29, 1.82) is 0 Å². The summed E-state index contributed by atoms with van der Waals surface area (Å²) < 4.78 is 4.39. The van der Waals surface area contributed by atoms with Gasteiger partial charge in [0.05, 0.1) is 0 Å². The Labute approximate surface area is 183 Å². The van der Waals surface area contributed by atoms with Gasteiger partial charge in [-0.2, -0.15) is 4.37 Å². The van der Waals surface area contributed by atoms with Crippen LogP contribution in [0.15, 0.2) is 29.3 Å². The summed E-state index contributed by atoms with van der Waals surface area (Å²) >= 11 is 1.51. The van der Waals surface area contributed by atoms with Crippen LogP contribution in [0, 0.1) is 6.92 Å². The Hall–Kier alpha value is -1.42. The normalized spacial score (nSPS) is 14.9. The van der Waals surface area contributed by atoms with E-state index in [4.69, 9.17) is 0 Å². The molecular weight excluding hydrogens is 471 g/mol. The van der Waals surface area contributed by atoms with E-state index in [1.165, 1.54) is 22.7 Å². The predicted octanol–water partition coefficient (Wildman–Crippen LogP) is 2.97. The van der Waals surface area contributed by atoms with Crippen LogP contribution >= 0.6 is 35.5 Å². The Kier molecular flexibility index (Phi) is 8.75. The van der Waals surface area contributed by atoms with E-state index in [1.807, 2.05) is 7.05 Å². The van der Waals surface area contributed by atoms with E-state index in [9.17, 15) is 0 Å². The maximum atomic E-state index is 4.60. The molecule has 148 valence electrons. The lowest BCUT2D eigenvalue weighted by Gasteiger charge is -2.36. The minimum atomic E-state index is 0. The number of hydrogen-bond donors (Lipinski definition) is 1. The highest BCUT2D eigenvalue weighted by Crippen LogP contribution is 2.19. The Bertz CT molecular complexity index is 739. The van der Waals surface area contributed by atoms with Crippen LogP contribution in [0.25, 0.3) is 0 Å². The van der Waals surface area contributed by atoms with Gasteiger partial charge >= 0.3 is 0 Å². The molecule has 0 aliphatic carbocycles. The van der Waals surface area contributed by atoms with E-state index in [2.05, 4.69) is 67.6 Å². The number of guanidine groups is 1. The number of benzene rings is 1. The molecule has 27 heavy (non-hydrogen) atoms. The van der Waals surface area contributed by atoms with Crippen molar-refractivity contribution >= 4 is 46.6 Å². The average Bonchev–Trinajstić information content (AvgIpc) is 3.15. The Balaban J connectivity index is 0.00000261. The van der Waals surface area contributed by atoms with Crippen molar-refractivity contribution in [3.8, 4) is 0 Å². The van der Waals surface area contributed by atoms with E-state index in [0.29, 0.717) is 0 Å². The molecule has 1 aliphatic rings. The van der Waals surface area contributed by atoms with Crippen LogP contribution in [0.3, 0.4) is 0 Å². The van der Waals surface area contributed by atoms with E-state index in [1.54, 1.807) is 0 Å². The highest BCUT2D eigenvalue weighted by atomic mass is 127. The van der Waals surface area contributed by atoms with Gasteiger partial charge in [0.25, 0.3) is 0 Å². The zero-order chi connectivity index (χ0) is 18.4. The topological polar surface area (TPSA) is 56.7 Å². The fourth-order valence-electron chi connectivity index (χ4n) is 3.14. The minimum absolute atomic E-state index is 0. The molecule has 0 bridgehead atoms. The van der Waals surface area contributed by atoms with Crippen LogP contribution in [0.5, 0.6) is 0 Å². The predicted molar refractivity (Wildman–Crippen MR) is 125 cm³/mol. The van der Waals surface area contributed by atoms with Gasteiger partial charge in [0.2, 0.25) is 5.13 Å². The number of aromatic nitrogens is 2. The highest BCUT2D eigenvalue weighted by molar-refractivity contribution is 14.0. The summed E-state index contributed by atoms with van der Waals surface area (Å²) in [6, 6.07) is 8.69. The zero-order valence-corrected chi connectivity index (χ0v) is 19.5. The molecule has 2 aromatic rings. The van der Waals surface area contributed by atoms with Gasteiger partial charge in [-0.05, 0) is 18.9 Å². The first-order valence-corrected chi connectivity index (χ1v) is 10.1. The van der Waals surface area contributed by atoms with Gasteiger partial charge < -0.3 is 15.1 Å². The summed E-state index contributed by atoms with van der Waals surface area (Å²) in [4.78, 5) is 13.7. The summed E-state index contributed by atoms with van der Waals surface area (Å²) in [5.41, 5.74) is 2.67. The molecule has 8 heteroatoms. The van der Waals surface area contributed by atoms with Gasteiger partial charge in [0.15, 0.2) is 5.96 Å². The molecule has 2 heterocycles. The van der Waals surface area contributed by atoms with Crippen molar-refractivity contribution in [2.24, 2.45) is 4.99 Å². The summed E-state index contributed by atoms with van der Waals surface area (Å²) in [5, 5.41) is 4.55. The number of halogens is 1. The van der Waals surface area contributed by atoms with Crippen LogP contribution in [0.2, 0.25) is 0 Å². The molecule has 0 amide bonds. The number of nitrogens with zero attached hydrogens (tertiary/aromatic N) is 5. The maximum Gasteiger partial charge on any atom is 0.205 e. The second-order valence-electron chi connectivity index (χ2n) is 6.53. The molecule has 0 radical (unpaired) electrons. The molecule has 0 spiro atoms. The second-order valence-corrected chi connectivity index (χ2v) is 7.26. The van der Waals surface area contributed by atoms with Gasteiger partial charge in [-0.25, -0.2) is 4.98 Å². The lowest BCUT2D eigenvalue weighted by Crippen LogP contribution is -2.52. The molecule has 1 N–H and O–H groups in total. The fourth-order valence-corrected chi connectivity index (χ4v) is 3.95. The molecule has 1 fully saturated rings. The number of nitrogens with one attached hydrogen (secondary N) is 1. The third kappa shape index (κ3) is 6.03. The molecule has 1 saturated heterocycles. The zero-order valence-electron chi connectivity index (χ0n) is 16.3.